The Balaban J connectivity index is 2.16. The summed E-state index contributed by atoms with van der Waals surface area (Å²) < 4.78 is 5.71. The van der Waals surface area contributed by atoms with Gasteiger partial charge in [-0.05, 0) is 50.3 Å². The SMILES string of the molecule is CCN(CC)C(=O)/C=C/c1ccc(-c2ccc(N)cc2Cl)o1. The van der Waals surface area contributed by atoms with Crippen LogP contribution in [0.2, 0.25) is 5.02 Å². The number of rotatable bonds is 5. The Bertz CT molecular complexity index is 688. The second-order valence-corrected chi connectivity index (χ2v) is 5.19. The van der Waals surface area contributed by atoms with E-state index in [0.29, 0.717) is 35.3 Å². The molecule has 0 unspecified atom stereocenters. The average Bonchev–Trinajstić information content (AvgIpc) is 2.95. The molecular weight excluding hydrogens is 300 g/mol. The first kappa shape index (κ1) is 16.2. The van der Waals surface area contributed by atoms with Gasteiger partial charge in [-0.15, -0.1) is 0 Å². The van der Waals surface area contributed by atoms with Crippen molar-refractivity contribution in [2.75, 3.05) is 18.8 Å². The largest absolute Gasteiger partial charge is 0.457 e. The molecule has 0 aliphatic heterocycles. The van der Waals surface area contributed by atoms with E-state index in [-0.39, 0.29) is 5.91 Å². The van der Waals surface area contributed by atoms with E-state index >= 15 is 0 Å². The van der Waals surface area contributed by atoms with Crippen molar-refractivity contribution in [3.63, 3.8) is 0 Å². The van der Waals surface area contributed by atoms with Gasteiger partial charge in [-0.3, -0.25) is 4.79 Å². The molecule has 0 aliphatic carbocycles. The molecule has 1 heterocycles. The predicted molar refractivity (Wildman–Crippen MR) is 90.5 cm³/mol. The molecule has 116 valence electrons. The Kier molecular flexibility index (Phi) is 5.28. The van der Waals surface area contributed by atoms with Crippen molar-refractivity contribution in [2.24, 2.45) is 0 Å². The summed E-state index contributed by atoms with van der Waals surface area (Å²) in [6, 6.07) is 8.88. The molecule has 2 rings (SSSR count). The number of hydrogen-bond donors (Lipinski definition) is 1. The zero-order valence-corrected chi connectivity index (χ0v) is 13.4. The van der Waals surface area contributed by atoms with Gasteiger partial charge in [0, 0.05) is 30.4 Å². The highest BCUT2D eigenvalue weighted by molar-refractivity contribution is 6.33. The fourth-order valence-corrected chi connectivity index (χ4v) is 2.39. The molecule has 0 saturated carbocycles. The van der Waals surface area contributed by atoms with Crippen LogP contribution in [0.3, 0.4) is 0 Å². The van der Waals surface area contributed by atoms with E-state index in [1.807, 2.05) is 26.0 Å². The van der Waals surface area contributed by atoms with Crippen molar-refractivity contribution in [1.29, 1.82) is 0 Å². The number of nitrogens with two attached hydrogens (primary N) is 1. The van der Waals surface area contributed by atoms with Crippen LogP contribution in [0, 0.1) is 0 Å². The smallest absolute Gasteiger partial charge is 0.246 e. The number of anilines is 1. The molecule has 0 saturated heterocycles. The minimum Gasteiger partial charge on any atom is -0.457 e. The van der Waals surface area contributed by atoms with E-state index in [1.165, 1.54) is 6.08 Å². The summed E-state index contributed by atoms with van der Waals surface area (Å²) >= 11 is 6.16. The molecule has 0 atom stereocenters. The van der Waals surface area contributed by atoms with Crippen LogP contribution >= 0.6 is 11.6 Å². The van der Waals surface area contributed by atoms with E-state index in [4.69, 9.17) is 21.8 Å². The Morgan fingerprint density at radius 1 is 1.27 bits per heavy atom. The van der Waals surface area contributed by atoms with Crippen molar-refractivity contribution >= 4 is 29.3 Å². The Labute approximate surface area is 135 Å². The highest BCUT2D eigenvalue weighted by Crippen LogP contribution is 2.31. The third-order valence-corrected chi connectivity index (χ3v) is 3.66. The molecule has 2 aromatic rings. The quantitative estimate of drug-likeness (QED) is 0.668. The molecule has 5 heteroatoms. The molecule has 0 bridgehead atoms. The zero-order valence-electron chi connectivity index (χ0n) is 12.7. The number of benzene rings is 1. The number of nitrogen functional groups attached to an aromatic ring is 1. The first-order chi connectivity index (χ1) is 10.5. The maximum Gasteiger partial charge on any atom is 0.246 e. The van der Waals surface area contributed by atoms with E-state index < -0.39 is 0 Å². The molecule has 0 fully saturated rings. The number of amides is 1. The third-order valence-electron chi connectivity index (χ3n) is 3.35. The van der Waals surface area contributed by atoms with Crippen LogP contribution in [0.25, 0.3) is 17.4 Å². The van der Waals surface area contributed by atoms with Crippen LogP contribution in [0.15, 0.2) is 40.8 Å². The van der Waals surface area contributed by atoms with Crippen molar-refractivity contribution in [3.05, 3.63) is 47.2 Å². The van der Waals surface area contributed by atoms with Crippen molar-refractivity contribution in [3.8, 4) is 11.3 Å². The highest BCUT2D eigenvalue weighted by atomic mass is 35.5. The van der Waals surface area contributed by atoms with Crippen molar-refractivity contribution in [2.45, 2.75) is 13.8 Å². The maximum atomic E-state index is 11.9. The predicted octanol–water partition coefficient (Wildman–Crippen LogP) is 4.06. The third kappa shape index (κ3) is 3.71. The Morgan fingerprint density at radius 2 is 2.00 bits per heavy atom. The molecule has 22 heavy (non-hydrogen) atoms. The van der Waals surface area contributed by atoms with Crippen LogP contribution in [-0.2, 0) is 4.79 Å². The van der Waals surface area contributed by atoms with Crippen LogP contribution in [0.1, 0.15) is 19.6 Å². The number of carbonyl (C=O) groups excluding carboxylic acids is 1. The molecule has 0 aliphatic rings. The fraction of sp³-hybridized carbons (Fsp3) is 0.235. The monoisotopic (exact) mass is 318 g/mol. The van der Waals surface area contributed by atoms with Gasteiger partial charge in [-0.25, -0.2) is 0 Å². The standard InChI is InChI=1S/C17H19ClN2O2/c1-3-20(4-2)17(21)10-7-13-6-9-16(22-13)14-8-5-12(19)11-15(14)18/h5-11H,3-4,19H2,1-2H3/b10-7+. The molecule has 2 N–H and O–H groups in total. The van der Waals surface area contributed by atoms with Gasteiger partial charge in [-0.2, -0.15) is 0 Å². The first-order valence-electron chi connectivity index (χ1n) is 7.17. The lowest BCUT2D eigenvalue weighted by Crippen LogP contribution is -2.28. The van der Waals surface area contributed by atoms with E-state index in [1.54, 1.807) is 29.2 Å². The van der Waals surface area contributed by atoms with E-state index in [9.17, 15) is 4.79 Å². The summed E-state index contributed by atoms with van der Waals surface area (Å²) in [5.41, 5.74) is 7.05. The van der Waals surface area contributed by atoms with E-state index in [0.717, 1.165) is 5.56 Å². The van der Waals surface area contributed by atoms with Gasteiger partial charge in [0.05, 0.1) is 5.02 Å². The van der Waals surface area contributed by atoms with Crippen molar-refractivity contribution in [1.82, 2.24) is 4.90 Å². The summed E-state index contributed by atoms with van der Waals surface area (Å²) in [6.07, 6.45) is 3.18. The first-order valence-corrected chi connectivity index (χ1v) is 7.55. The average molecular weight is 319 g/mol. The summed E-state index contributed by atoms with van der Waals surface area (Å²) in [7, 11) is 0. The number of furan rings is 1. The maximum absolute atomic E-state index is 11.9. The number of carbonyl (C=O) groups is 1. The van der Waals surface area contributed by atoms with Crippen LogP contribution < -0.4 is 5.73 Å². The summed E-state index contributed by atoms with van der Waals surface area (Å²) in [5, 5.41) is 0.532. The second-order valence-electron chi connectivity index (χ2n) is 4.79. The van der Waals surface area contributed by atoms with Gasteiger partial charge in [0.2, 0.25) is 5.91 Å². The summed E-state index contributed by atoms with van der Waals surface area (Å²) in [5.74, 6) is 1.21. The fourth-order valence-electron chi connectivity index (χ4n) is 2.11. The lowest BCUT2D eigenvalue weighted by molar-refractivity contribution is -0.125. The zero-order chi connectivity index (χ0) is 16.1. The van der Waals surface area contributed by atoms with Crippen LogP contribution in [0.4, 0.5) is 5.69 Å². The van der Waals surface area contributed by atoms with E-state index in [2.05, 4.69) is 0 Å². The minimum atomic E-state index is -0.0338. The molecular formula is C17H19ClN2O2. The molecule has 1 aromatic carbocycles. The summed E-state index contributed by atoms with van der Waals surface area (Å²) in [4.78, 5) is 13.6. The second kappa shape index (κ2) is 7.18. The van der Waals surface area contributed by atoms with Gasteiger partial charge >= 0.3 is 0 Å². The van der Waals surface area contributed by atoms with Crippen molar-refractivity contribution < 1.29 is 9.21 Å². The van der Waals surface area contributed by atoms with Gasteiger partial charge < -0.3 is 15.1 Å². The number of hydrogen-bond acceptors (Lipinski definition) is 3. The normalized spacial score (nSPS) is 11.0. The van der Waals surface area contributed by atoms with Crippen LogP contribution in [0.5, 0.6) is 0 Å². The molecule has 1 aromatic heterocycles. The lowest BCUT2D eigenvalue weighted by atomic mass is 10.1. The highest BCUT2D eigenvalue weighted by Gasteiger charge is 2.09. The summed E-state index contributed by atoms with van der Waals surface area (Å²) in [6.45, 7) is 5.26. The number of likely N-dealkylation sites (N-methyl/N-ethyl adjacent to an activating group) is 1. The Morgan fingerprint density at radius 3 is 2.64 bits per heavy atom. The van der Waals surface area contributed by atoms with Gasteiger partial charge in [0.25, 0.3) is 0 Å². The number of nitrogens with zero attached hydrogens (tertiary/aromatic N) is 1. The lowest BCUT2D eigenvalue weighted by Gasteiger charge is -2.15. The van der Waals surface area contributed by atoms with Gasteiger partial charge in [0.1, 0.15) is 11.5 Å². The Hall–Kier alpha value is -2.20. The molecule has 0 spiro atoms. The molecule has 0 radical (unpaired) electrons. The number of halogens is 1. The van der Waals surface area contributed by atoms with Gasteiger partial charge in [-0.1, -0.05) is 11.6 Å². The van der Waals surface area contributed by atoms with Crippen LogP contribution in [-0.4, -0.2) is 23.9 Å². The topological polar surface area (TPSA) is 59.5 Å². The molecule has 4 nitrogen and oxygen atoms in total. The minimum absolute atomic E-state index is 0.0338. The van der Waals surface area contributed by atoms with Gasteiger partial charge in [0.15, 0.2) is 0 Å². The molecule has 1 amide bonds.